The van der Waals surface area contributed by atoms with Gasteiger partial charge in [0.05, 0.1) is 18.0 Å². The van der Waals surface area contributed by atoms with E-state index in [1.165, 1.54) is 0 Å². The van der Waals surface area contributed by atoms with Crippen molar-refractivity contribution >= 4 is 17.3 Å². The maximum absolute atomic E-state index is 11.8. The molecule has 106 valence electrons. The fourth-order valence-electron chi connectivity index (χ4n) is 1.96. The summed E-state index contributed by atoms with van der Waals surface area (Å²) >= 11 is 0. The molecular weight excluding hydrogens is 242 g/mol. The zero-order valence-corrected chi connectivity index (χ0v) is 11.6. The van der Waals surface area contributed by atoms with E-state index in [1.807, 2.05) is 11.8 Å². The van der Waals surface area contributed by atoms with Crippen molar-refractivity contribution in [2.45, 2.75) is 20.3 Å². The molecule has 0 fully saturated rings. The number of aliphatic hydroxyl groups is 1. The van der Waals surface area contributed by atoms with Gasteiger partial charge in [-0.05, 0) is 31.5 Å². The van der Waals surface area contributed by atoms with Crippen LogP contribution in [-0.4, -0.2) is 37.3 Å². The Labute approximate surface area is 114 Å². The van der Waals surface area contributed by atoms with Crippen molar-refractivity contribution in [3.63, 3.8) is 0 Å². The summed E-state index contributed by atoms with van der Waals surface area (Å²) in [7, 11) is 0. The summed E-state index contributed by atoms with van der Waals surface area (Å²) in [5.74, 6) is -0.107. The molecule has 19 heavy (non-hydrogen) atoms. The van der Waals surface area contributed by atoms with Crippen molar-refractivity contribution in [2.24, 2.45) is 0 Å². The molecule has 0 unspecified atom stereocenters. The maximum Gasteiger partial charge on any atom is 0.251 e. The minimum absolute atomic E-state index is 0.0603. The molecule has 0 aliphatic rings. The second kappa shape index (κ2) is 7.63. The van der Waals surface area contributed by atoms with Crippen molar-refractivity contribution in [1.29, 1.82) is 0 Å². The first kappa shape index (κ1) is 15.3. The molecule has 0 aromatic heterocycles. The number of nitrogen functional groups attached to an aromatic ring is 1. The molecule has 0 heterocycles. The lowest BCUT2D eigenvalue weighted by atomic mass is 10.1. The van der Waals surface area contributed by atoms with Crippen molar-refractivity contribution in [2.75, 3.05) is 36.9 Å². The average Bonchev–Trinajstić information content (AvgIpc) is 2.39. The number of amides is 1. The zero-order valence-electron chi connectivity index (χ0n) is 11.6. The highest BCUT2D eigenvalue weighted by Gasteiger charge is 2.12. The predicted octanol–water partition coefficient (Wildman–Crippen LogP) is 1.23. The molecule has 5 heteroatoms. The second-order valence-corrected chi connectivity index (χ2v) is 4.34. The number of benzene rings is 1. The van der Waals surface area contributed by atoms with E-state index in [9.17, 15) is 4.79 Å². The SMILES string of the molecule is CCCN(CCO)c1cc(C(=O)NCC)ccc1N. The van der Waals surface area contributed by atoms with Gasteiger partial charge in [-0.1, -0.05) is 6.92 Å². The van der Waals surface area contributed by atoms with Gasteiger partial charge in [0.1, 0.15) is 0 Å². The third kappa shape index (κ3) is 4.13. The summed E-state index contributed by atoms with van der Waals surface area (Å²) < 4.78 is 0. The number of nitrogens with zero attached hydrogens (tertiary/aromatic N) is 1. The van der Waals surface area contributed by atoms with Gasteiger partial charge in [0.15, 0.2) is 0 Å². The van der Waals surface area contributed by atoms with Crippen LogP contribution in [0.3, 0.4) is 0 Å². The molecule has 0 aliphatic carbocycles. The highest BCUT2D eigenvalue weighted by atomic mass is 16.3. The molecule has 0 radical (unpaired) electrons. The zero-order chi connectivity index (χ0) is 14.3. The van der Waals surface area contributed by atoms with Crippen LogP contribution in [0.1, 0.15) is 30.6 Å². The Kier molecular flexibility index (Phi) is 6.15. The minimum atomic E-state index is -0.107. The van der Waals surface area contributed by atoms with Gasteiger partial charge in [-0.2, -0.15) is 0 Å². The Morgan fingerprint density at radius 1 is 1.37 bits per heavy atom. The van der Waals surface area contributed by atoms with E-state index >= 15 is 0 Å². The topological polar surface area (TPSA) is 78.6 Å². The summed E-state index contributed by atoms with van der Waals surface area (Å²) in [5.41, 5.74) is 7.98. The van der Waals surface area contributed by atoms with Crippen LogP contribution in [0, 0.1) is 0 Å². The Bertz CT molecular complexity index is 415. The van der Waals surface area contributed by atoms with Gasteiger partial charge in [-0.15, -0.1) is 0 Å². The molecule has 1 aromatic carbocycles. The van der Waals surface area contributed by atoms with Crippen molar-refractivity contribution in [3.8, 4) is 0 Å². The largest absolute Gasteiger partial charge is 0.397 e. The summed E-state index contributed by atoms with van der Waals surface area (Å²) in [4.78, 5) is 13.8. The van der Waals surface area contributed by atoms with Gasteiger partial charge in [0, 0.05) is 25.2 Å². The first-order chi connectivity index (χ1) is 9.13. The molecule has 0 bridgehead atoms. The van der Waals surface area contributed by atoms with E-state index in [4.69, 9.17) is 10.8 Å². The lowest BCUT2D eigenvalue weighted by molar-refractivity contribution is 0.0956. The van der Waals surface area contributed by atoms with E-state index in [0.717, 1.165) is 18.7 Å². The molecule has 4 N–H and O–H groups in total. The first-order valence-corrected chi connectivity index (χ1v) is 6.67. The molecule has 0 aliphatic heterocycles. The molecule has 0 saturated carbocycles. The first-order valence-electron chi connectivity index (χ1n) is 6.67. The summed E-state index contributed by atoms with van der Waals surface area (Å²) in [6, 6.07) is 5.23. The Morgan fingerprint density at radius 2 is 2.11 bits per heavy atom. The van der Waals surface area contributed by atoms with E-state index in [2.05, 4.69) is 12.2 Å². The van der Waals surface area contributed by atoms with Gasteiger partial charge in [-0.25, -0.2) is 0 Å². The number of anilines is 2. The van der Waals surface area contributed by atoms with E-state index < -0.39 is 0 Å². The van der Waals surface area contributed by atoms with Gasteiger partial charge in [0.2, 0.25) is 0 Å². The lowest BCUT2D eigenvalue weighted by Crippen LogP contribution is -2.29. The summed E-state index contributed by atoms with van der Waals surface area (Å²) in [5, 5.41) is 11.9. The number of carbonyl (C=O) groups excluding carboxylic acids is 1. The third-order valence-electron chi connectivity index (χ3n) is 2.83. The molecule has 1 amide bonds. The Hall–Kier alpha value is -1.75. The number of hydrogen-bond acceptors (Lipinski definition) is 4. The van der Waals surface area contributed by atoms with Crippen LogP contribution < -0.4 is 16.0 Å². The fourth-order valence-corrected chi connectivity index (χ4v) is 1.96. The molecule has 1 aromatic rings. The van der Waals surface area contributed by atoms with Crippen molar-refractivity contribution < 1.29 is 9.90 Å². The molecular formula is C14H23N3O2. The van der Waals surface area contributed by atoms with Crippen molar-refractivity contribution in [3.05, 3.63) is 23.8 Å². The van der Waals surface area contributed by atoms with Crippen LogP contribution in [0.25, 0.3) is 0 Å². The average molecular weight is 265 g/mol. The molecule has 0 atom stereocenters. The standard InChI is InChI=1S/C14H23N3O2/c1-3-7-17(8-9-18)13-10-11(5-6-12(13)15)14(19)16-4-2/h5-6,10,18H,3-4,7-9,15H2,1-2H3,(H,16,19). The predicted molar refractivity (Wildman–Crippen MR) is 78.5 cm³/mol. The molecule has 0 spiro atoms. The third-order valence-corrected chi connectivity index (χ3v) is 2.83. The number of nitrogens with one attached hydrogen (secondary N) is 1. The molecule has 5 nitrogen and oxygen atoms in total. The molecule has 0 saturated heterocycles. The Balaban J connectivity index is 3.03. The summed E-state index contributed by atoms with van der Waals surface area (Å²) in [6.07, 6.45) is 0.949. The van der Waals surface area contributed by atoms with Crippen LogP contribution >= 0.6 is 0 Å². The number of hydrogen-bond donors (Lipinski definition) is 3. The maximum atomic E-state index is 11.8. The normalized spacial score (nSPS) is 10.3. The van der Waals surface area contributed by atoms with E-state index in [1.54, 1.807) is 18.2 Å². The number of nitrogens with two attached hydrogens (primary N) is 1. The van der Waals surface area contributed by atoms with Gasteiger partial charge in [-0.3, -0.25) is 4.79 Å². The highest BCUT2D eigenvalue weighted by molar-refractivity contribution is 5.96. The van der Waals surface area contributed by atoms with Crippen LogP contribution in [0.15, 0.2) is 18.2 Å². The van der Waals surface area contributed by atoms with Crippen LogP contribution in [-0.2, 0) is 0 Å². The quantitative estimate of drug-likeness (QED) is 0.648. The van der Waals surface area contributed by atoms with Gasteiger partial charge >= 0.3 is 0 Å². The Morgan fingerprint density at radius 3 is 2.68 bits per heavy atom. The fraction of sp³-hybridized carbons (Fsp3) is 0.500. The van der Waals surface area contributed by atoms with Crippen LogP contribution in [0.5, 0.6) is 0 Å². The summed E-state index contributed by atoms with van der Waals surface area (Å²) in [6.45, 7) is 5.90. The van der Waals surface area contributed by atoms with Gasteiger partial charge < -0.3 is 21.1 Å². The number of aliphatic hydroxyl groups excluding tert-OH is 1. The van der Waals surface area contributed by atoms with Crippen LogP contribution in [0.2, 0.25) is 0 Å². The monoisotopic (exact) mass is 265 g/mol. The molecule has 1 rings (SSSR count). The minimum Gasteiger partial charge on any atom is -0.397 e. The number of rotatable bonds is 7. The smallest absolute Gasteiger partial charge is 0.251 e. The van der Waals surface area contributed by atoms with E-state index in [-0.39, 0.29) is 12.5 Å². The lowest BCUT2D eigenvalue weighted by Gasteiger charge is -2.25. The second-order valence-electron chi connectivity index (χ2n) is 4.34. The van der Waals surface area contributed by atoms with E-state index in [0.29, 0.717) is 24.3 Å². The van der Waals surface area contributed by atoms with Crippen molar-refractivity contribution in [1.82, 2.24) is 5.32 Å². The number of carbonyl (C=O) groups is 1. The van der Waals surface area contributed by atoms with Gasteiger partial charge in [0.25, 0.3) is 5.91 Å². The van der Waals surface area contributed by atoms with Crippen LogP contribution in [0.4, 0.5) is 11.4 Å². The highest BCUT2D eigenvalue weighted by Crippen LogP contribution is 2.24.